The largest absolute Gasteiger partial charge is 0.395 e. The van der Waals surface area contributed by atoms with Gasteiger partial charge in [-0.2, -0.15) is 0 Å². The lowest BCUT2D eigenvalue weighted by Gasteiger charge is -2.25. The van der Waals surface area contributed by atoms with Gasteiger partial charge in [-0.3, -0.25) is 9.59 Å². The molecule has 0 rings (SSSR count). The van der Waals surface area contributed by atoms with Gasteiger partial charge in [0.25, 0.3) is 0 Å². The Balaban J connectivity index is 5.01. The minimum absolute atomic E-state index is 0.0516. The third-order valence-electron chi connectivity index (χ3n) is 2.27. The van der Waals surface area contributed by atoms with Crippen LogP contribution in [0.3, 0.4) is 0 Å². The predicted molar refractivity (Wildman–Crippen MR) is 56.2 cm³/mol. The summed E-state index contributed by atoms with van der Waals surface area (Å²) in [4.78, 5) is 23.2. The molecule has 0 heterocycles. The number of allylic oxidation sites excluding steroid dienone is 2. The third-order valence-corrected chi connectivity index (χ3v) is 2.27. The van der Waals surface area contributed by atoms with Gasteiger partial charge in [0, 0.05) is 12.8 Å². The number of rotatable bonds is 8. The molecule has 0 radical (unpaired) electrons. The highest BCUT2D eigenvalue weighted by Gasteiger charge is 2.42. The summed E-state index contributed by atoms with van der Waals surface area (Å²) in [5.74, 6) is -1.04. The molecule has 0 aromatic rings. The summed E-state index contributed by atoms with van der Waals surface area (Å²) in [5.41, 5.74) is -1.71. The minimum Gasteiger partial charge on any atom is -0.395 e. The smallest absolute Gasteiger partial charge is 0.154 e. The number of hydrogen-bond acceptors (Lipinski definition) is 4. The maximum atomic E-state index is 11.6. The van der Waals surface area contributed by atoms with Crippen molar-refractivity contribution >= 4 is 11.6 Å². The molecule has 0 saturated heterocycles. The fourth-order valence-corrected chi connectivity index (χ4v) is 1.21. The number of ketones is 2. The van der Waals surface area contributed by atoms with Crippen molar-refractivity contribution in [1.82, 2.24) is 0 Å². The van der Waals surface area contributed by atoms with Crippen LogP contribution in [0.25, 0.3) is 0 Å². The third kappa shape index (κ3) is 2.84. The Kier molecular flexibility index (Phi) is 5.74. The monoisotopic (exact) mass is 212 g/mol. The Hall–Kier alpha value is -1.26. The average Bonchev–Trinajstić information content (AvgIpc) is 2.21. The van der Waals surface area contributed by atoms with E-state index in [0.29, 0.717) is 0 Å². The molecule has 0 spiro atoms. The fraction of sp³-hybridized carbons (Fsp3) is 0.455. The molecular weight excluding hydrogens is 196 g/mol. The van der Waals surface area contributed by atoms with Crippen molar-refractivity contribution in [2.45, 2.75) is 12.8 Å². The standard InChI is InChI=1S/C11H16O4/c1-3-5-9(14)11(7-12,8-13)10(15)6-4-2/h3-4,12-13H,1-2,5-8H2. The lowest BCUT2D eigenvalue weighted by molar-refractivity contribution is -0.145. The first-order valence-electron chi connectivity index (χ1n) is 4.59. The van der Waals surface area contributed by atoms with E-state index in [4.69, 9.17) is 10.2 Å². The van der Waals surface area contributed by atoms with E-state index in [-0.39, 0.29) is 12.8 Å². The van der Waals surface area contributed by atoms with Gasteiger partial charge < -0.3 is 10.2 Å². The number of carbonyl (C=O) groups excluding carboxylic acids is 2. The van der Waals surface area contributed by atoms with E-state index in [1.165, 1.54) is 12.2 Å². The molecule has 84 valence electrons. The summed E-state index contributed by atoms with van der Waals surface area (Å²) in [5, 5.41) is 18.2. The quantitative estimate of drug-likeness (QED) is 0.446. The zero-order valence-corrected chi connectivity index (χ0v) is 8.61. The second kappa shape index (κ2) is 6.27. The maximum absolute atomic E-state index is 11.6. The molecule has 2 N–H and O–H groups in total. The van der Waals surface area contributed by atoms with Crippen molar-refractivity contribution < 1.29 is 19.8 Å². The van der Waals surface area contributed by atoms with Crippen molar-refractivity contribution in [3.05, 3.63) is 25.3 Å². The molecule has 0 aromatic heterocycles. The van der Waals surface area contributed by atoms with Crippen LogP contribution in [0.5, 0.6) is 0 Å². The molecule has 0 aliphatic carbocycles. The summed E-state index contributed by atoms with van der Waals surface area (Å²) in [6.45, 7) is 5.36. The van der Waals surface area contributed by atoms with Crippen LogP contribution in [-0.2, 0) is 9.59 Å². The van der Waals surface area contributed by atoms with Gasteiger partial charge in [0.2, 0.25) is 0 Å². The first-order chi connectivity index (χ1) is 7.08. The van der Waals surface area contributed by atoms with Crippen LogP contribution in [0.1, 0.15) is 12.8 Å². The number of carbonyl (C=O) groups is 2. The summed E-state index contributed by atoms with van der Waals surface area (Å²) < 4.78 is 0. The first kappa shape index (κ1) is 13.7. The van der Waals surface area contributed by atoms with Crippen LogP contribution in [-0.4, -0.2) is 35.0 Å². The van der Waals surface area contributed by atoms with Crippen molar-refractivity contribution in [1.29, 1.82) is 0 Å². The molecule has 0 aromatic carbocycles. The van der Waals surface area contributed by atoms with Crippen LogP contribution in [0, 0.1) is 5.41 Å². The van der Waals surface area contributed by atoms with E-state index >= 15 is 0 Å². The number of hydrogen-bond donors (Lipinski definition) is 2. The van der Waals surface area contributed by atoms with Gasteiger partial charge in [-0.25, -0.2) is 0 Å². The molecule has 0 aliphatic rings. The molecule has 0 bridgehead atoms. The highest BCUT2D eigenvalue weighted by atomic mass is 16.3. The highest BCUT2D eigenvalue weighted by Crippen LogP contribution is 2.22. The maximum Gasteiger partial charge on any atom is 0.154 e. The molecule has 15 heavy (non-hydrogen) atoms. The number of aliphatic hydroxyl groups excluding tert-OH is 2. The van der Waals surface area contributed by atoms with Crippen molar-refractivity contribution in [3.8, 4) is 0 Å². The molecule has 4 nitrogen and oxygen atoms in total. The van der Waals surface area contributed by atoms with E-state index in [0.717, 1.165) is 0 Å². The zero-order valence-electron chi connectivity index (χ0n) is 8.61. The molecule has 0 unspecified atom stereocenters. The van der Waals surface area contributed by atoms with Crippen LogP contribution in [0.15, 0.2) is 25.3 Å². The van der Waals surface area contributed by atoms with E-state index in [1.807, 2.05) is 0 Å². The molecule has 0 saturated carbocycles. The number of aliphatic hydroxyl groups is 2. The van der Waals surface area contributed by atoms with Gasteiger partial charge in [0.15, 0.2) is 11.6 Å². The summed E-state index contributed by atoms with van der Waals surface area (Å²) in [7, 11) is 0. The van der Waals surface area contributed by atoms with Crippen molar-refractivity contribution in [2.75, 3.05) is 13.2 Å². The van der Waals surface area contributed by atoms with E-state index in [2.05, 4.69) is 13.2 Å². The molecule has 0 amide bonds. The van der Waals surface area contributed by atoms with Gasteiger partial charge in [0.05, 0.1) is 13.2 Å². The van der Waals surface area contributed by atoms with Crippen LogP contribution in [0.4, 0.5) is 0 Å². The first-order valence-corrected chi connectivity index (χ1v) is 4.59. The minimum atomic E-state index is -1.71. The lowest BCUT2D eigenvalue weighted by atomic mass is 9.78. The Morgan fingerprint density at radius 1 is 1.00 bits per heavy atom. The number of Topliss-reactive ketones (excluding diaryl/α,β-unsaturated/α-hetero) is 2. The predicted octanol–water partition coefficient (Wildman–Crippen LogP) is 0.248. The van der Waals surface area contributed by atoms with Gasteiger partial charge in [-0.15, -0.1) is 13.2 Å². The molecule has 0 atom stereocenters. The lowest BCUT2D eigenvalue weighted by Crippen LogP contribution is -2.45. The SMILES string of the molecule is C=CCC(=O)C(CO)(CO)C(=O)CC=C. The van der Waals surface area contributed by atoms with Crippen molar-refractivity contribution in [3.63, 3.8) is 0 Å². The van der Waals surface area contributed by atoms with E-state index < -0.39 is 30.2 Å². The second-order valence-corrected chi connectivity index (χ2v) is 3.23. The Bertz CT molecular complexity index is 240. The summed E-state index contributed by atoms with van der Waals surface area (Å²) in [6.07, 6.45) is 2.57. The molecular formula is C11H16O4. The van der Waals surface area contributed by atoms with Gasteiger partial charge >= 0.3 is 0 Å². The second-order valence-electron chi connectivity index (χ2n) is 3.23. The van der Waals surface area contributed by atoms with Crippen LogP contribution >= 0.6 is 0 Å². The Morgan fingerprint density at radius 3 is 1.53 bits per heavy atom. The Morgan fingerprint density at radius 2 is 1.33 bits per heavy atom. The van der Waals surface area contributed by atoms with Crippen LogP contribution in [0.2, 0.25) is 0 Å². The van der Waals surface area contributed by atoms with Gasteiger partial charge in [-0.05, 0) is 0 Å². The van der Waals surface area contributed by atoms with Crippen LogP contribution < -0.4 is 0 Å². The highest BCUT2D eigenvalue weighted by molar-refractivity contribution is 6.08. The summed E-state index contributed by atoms with van der Waals surface area (Å²) >= 11 is 0. The average molecular weight is 212 g/mol. The zero-order chi connectivity index (χ0) is 11.9. The van der Waals surface area contributed by atoms with E-state index in [1.54, 1.807) is 0 Å². The fourth-order valence-electron chi connectivity index (χ4n) is 1.21. The molecule has 0 fully saturated rings. The Labute approximate surface area is 88.9 Å². The van der Waals surface area contributed by atoms with E-state index in [9.17, 15) is 9.59 Å². The molecule has 0 aliphatic heterocycles. The van der Waals surface area contributed by atoms with Crippen molar-refractivity contribution in [2.24, 2.45) is 5.41 Å². The normalized spacial score (nSPS) is 10.8. The molecule has 4 heteroatoms. The van der Waals surface area contributed by atoms with Gasteiger partial charge in [-0.1, -0.05) is 12.2 Å². The summed E-state index contributed by atoms with van der Waals surface area (Å²) in [6, 6.07) is 0. The topological polar surface area (TPSA) is 74.6 Å². The van der Waals surface area contributed by atoms with Gasteiger partial charge in [0.1, 0.15) is 5.41 Å².